The van der Waals surface area contributed by atoms with Crippen molar-refractivity contribution >= 4 is 30.4 Å². The zero-order chi connectivity index (χ0) is 11.0. The van der Waals surface area contributed by atoms with Gasteiger partial charge in [0.2, 0.25) is 0 Å². The van der Waals surface area contributed by atoms with Gasteiger partial charge < -0.3 is 9.47 Å². The highest BCUT2D eigenvalue weighted by Gasteiger charge is 2.51. The molecular weight excluding hydrogens is 234 g/mol. The van der Waals surface area contributed by atoms with Gasteiger partial charge in [-0.25, -0.2) is 4.90 Å². The fourth-order valence-corrected chi connectivity index (χ4v) is 3.85. The number of fused-ring (bicyclic) bond motifs is 1. The van der Waals surface area contributed by atoms with Crippen molar-refractivity contribution < 1.29 is 14.3 Å². The van der Waals surface area contributed by atoms with Crippen molar-refractivity contribution in [2.45, 2.75) is 30.7 Å². The second-order valence-electron chi connectivity index (χ2n) is 3.68. The zero-order valence-electron chi connectivity index (χ0n) is 8.75. The van der Waals surface area contributed by atoms with E-state index in [2.05, 4.69) is 17.5 Å². The Bertz CT molecular complexity index is 262. The molecule has 2 saturated heterocycles. The first-order valence-electron chi connectivity index (χ1n) is 4.92. The van der Waals surface area contributed by atoms with Crippen LogP contribution in [0.25, 0.3) is 0 Å². The highest BCUT2D eigenvalue weighted by atomic mass is 32.2. The van der Waals surface area contributed by atoms with Crippen molar-refractivity contribution in [3.63, 3.8) is 0 Å². The standard InChI is InChI=1S/C9H15NO3S2/c1-5-8(9(11)12-2)10-6(13-5)4-15-7(10)3-14/h5-8,14H,3-4H2,1-2H3/t5-,6+,7-,8+/m1/s1. The van der Waals surface area contributed by atoms with E-state index in [1.165, 1.54) is 7.11 Å². The predicted molar refractivity (Wildman–Crippen MR) is 62.1 cm³/mol. The van der Waals surface area contributed by atoms with E-state index < -0.39 is 0 Å². The van der Waals surface area contributed by atoms with Gasteiger partial charge in [0.1, 0.15) is 12.3 Å². The van der Waals surface area contributed by atoms with Crippen molar-refractivity contribution in [1.82, 2.24) is 4.90 Å². The number of nitrogens with zero attached hydrogens (tertiary/aromatic N) is 1. The van der Waals surface area contributed by atoms with E-state index in [1.54, 1.807) is 11.8 Å². The molecular formula is C9H15NO3S2. The lowest BCUT2D eigenvalue weighted by Crippen LogP contribution is -2.46. The molecule has 0 aromatic rings. The molecule has 0 bridgehead atoms. The van der Waals surface area contributed by atoms with Gasteiger partial charge in [-0.05, 0) is 6.92 Å². The Labute approximate surface area is 99.1 Å². The van der Waals surface area contributed by atoms with Crippen LogP contribution in [0, 0.1) is 0 Å². The molecule has 2 aliphatic heterocycles. The molecule has 0 unspecified atom stereocenters. The van der Waals surface area contributed by atoms with Gasteiger partial charge in [-0.1, -0.05) is 0 Å². The van der Waals surface area contributed by atoms with Gasteiger partial charge in [-0.15, -0.1) is 11.8 Å². The molecule has 0 N–H and O–H groups in total. The summed E-state index contributed by atoms with van der Waals surface area (Å²) in [6.45, 7) is 1.92. The van der Waals surface area contributed by atoms with Gasteiger partial charge in [-0.3, -0.25) is 4.79 Å². The molecule has 0 amide bonds. The summed E-state index contributed by atoms with van der Waals surface area (Å²) in [5, 5.41) is 0.257. The van der Waals surface area contributed by atoms with E-state index in [-0.39, 0.29) is 29.7 Å². The lowest BCUT2D eigenvalue weighted by molar-refractivity contribution is -0.146. The molecule has 2 heterocycles. The summed E-state index contributed by atoms with van der Waals surface area (Å²) in [6, 6.07) is -0.271. The molecule has 15 heavy (non-hydrogen) atoms. The number of carbonyl (C=O) groups excluding carboxylic acids is 1. The third kappa shape index (κ3) is 1.88. The Kier molecular flexibility index (Phi) is 3.49. The fourth-order valence-electron chi connectivity index (χ4n) is 2.16. The topological polar surface area (TPSA) is 38.8 Å². The molecule has 4 atom stereocenters. The average molecular weight is 249 g/mol. The number of carbonyl (C=O) groups is 1. The molecule has 0 aromatic heterocycles. The van der Waals surface area contributed by atoms with Gasteiger partial charge in [0.05, 0.1) is 18.6 Å². The Hall–Kier alpha value is 0.0900. The molecule has 0 aliphatic carbocycles. The maximum absolute atomic E-state index is 11.7. The minimum atomic E-state index is -0.271. The summed E-state index contributed by atoms with van der Waals surface area (Å²) in [7, 11) is 1.42. The highest BCUT2D eigenvalue weighted by molar-refractivity contribution is 8.00. The Morgan fingerprint density at radius 3 is 3.07 bits per heavy atom. The molecule has 6 heteroatoms. The van der Waals surface area contributed by atoms with Crippen LogP contribution in [0.1, 0.15) is 6.92 Å². The van der Waals surface area contributed by atoms with Crippen molar-refractivity contribution in [3.8, 4) is 0 Å². The zero-order valence-corrected chi connectivity index (χ0v) is 10.5. The second-order valence-corrected chi connectivity index (χ2v) is 5.26. The van der Waals surface area contributed by atoms with Gasteiger partial charge >= 0.3 is 5.97 Å². The first kappa shape index (κ1) is 11.6. The van der Waals surface area contributed by atoms with Crippen LogP contribution in [0.3, 0.4) is 0 Å². The summed E-state index contributed by atoms with van der Waals surface area (Å²) >= 11 is 6.08. The monoisotopic (exact) mass is 249 g/mol. The predicted octanol–water partition coefficient (Wildman–Crippen LogP) is 0.577. The van der Waals surface area contributed by atoms with Crippen LogP contribution in [0.15, 0.2) is 0 Å². The third-order valence-corrected chi connectivity index (χ3v) is 4.70. The number of esters is 1. The third-order valence-electron chi connectivity index (χ3n) is 2.83. The Morgan fingerprint density at radius 2 is 2.47 bits per heavy atom. The number of thiol groups is 1. The minimum Gasteiger partial charge on any atom is -0.468 e. The van der Waals surface area contributed by atoms with E-state index in [4.69, 9.17) is 9.47 Å². The number of hydrogen-bond acceptors (Lipinski definition) is 6. The van der Waals surface area contributed by atoms with Gasteiger partial charge in [0.15, 0.2) is 0 Å². The molecule has 2 fully saturated rings. The summed E-state index contributed by atoms with van der Waals surface area (Å²) in [6.07, 6.45) is -0.0445. The number of methoxy groups -OCH3 is 1. The van der Waals surface area contributed by atoms with E-state index in [1.807, 2.05) is 6.92 Å². The molecule has 2 rings (SSSR count). The van der Waals surface area contributed by atoms with Crippen molar-refractivity contribution in [3.05, 3.63) is 0 Å². The van der Waals surface area contributed by atoms with Crippen LogP contribution in [-0.2, 0) is 14.3 Å². The maximum Gasteiger partial charge on any atom is 0.325 e. The average Bonchev–Trinajstić information content (AvgIpc) is 2.74. The molecule has 0 saturated carbocycles. The van der Waals surface area contributed by atoms with Crippen LogP contribution in [0.2, 0.25) is 0 Å². The smallest absolute Gasteiger partial charge is 0.325 e. The van der Waals surface area contributed by atoms with E-state index in [9.17, 15) is 4.79 Å². The molecule has 2 aliphatic rings. The van der Waals surface area contributed by atoms with Crippen LogP contribution < -0.4 is 0 Å². The fraction of sp³-hybridized carbons (Fsp3) is 0.889. The van der Waals surface area contributed by atoms with E-state index >= 15 is 0 Å². The summed E-state index contributed by atoms with van der Waals surface area (Å²) in [4.78, 5) is 13.7. The molecule has 86 valence electrons. The van der Waals surface area contributed by atoms with Crippen LogP contribution in [0.4, 0.5) is 0 Å². The van der Waals surface area contributed by atoms with Crippen LogP contribution >= 0.6 is 24.4 Å². The van der Waals surface area contributed by atoms with Crippen LogP contribution in [-0.4, -0.2) is 53.2 Å². The lowest BCUT2D eigenvalue weighted by Gasteiger charge is -2.25. The quantitative estimate of drug-likeness (QED) is 0.572. The van der Waals surface area contributed by atoms with Gasteiger partial charge in [-0.2, -0.15) is 12.6 Å². The molecule has 0 aromatic carbocycles. The molecule has 4 nitrogen and oxygen atoms in total. The van der Waals surface area contributed by atoms with Gasteiger partial charge in [0, 0.05) is 11.5 Å². The molecule has 0 radical (unpaired) electrons. The minimum absolute atomic E-state index is 0.0475. The maximum atomic E-state index is 11.7. The number of hydrogen-bond donors (Lipinski definition) is 1. The molecule has 0 spiro atoms. The number of ether oxygens (including phenoxy) is 2. The lowest BCUT2D eigenvalue weighted by atomic mass is 10.2. The van der Waals surface area contributed by atoms with Crippen molar-refractivity contribution in [2.75, 3.05) is 18.6 Å². The summed E-state index contributed by atoms with van der Waals surface area (Å²) in [5.41, 5.74) is 0. The first-order valence-corrected chi connectivity index (χ1v) is 6.60. The number of rotatable bonds is 2. The van der Waals surface area contributed by atoms with Crippen LogP contribution in [0.5, 0.6) is 0 Å². The van der Waals surface area contributed by atoms with Crippen molar-refractivity contribution in [2.24, 2.45) is 0 Å². The Morgan fingerprint density at radius 1 is 1.73 bits per heavy atom. The normalized spacial score (nSPS) is 40.5. The van der Waals surface area contributed by atoms with Crippen molar-refractivity contribution in [1.29, 1.82) is 0 Å². The summed E-state index contributed by atoms with van der Waals surface area (Å²) < 4.78 is 10.5. The number of thioether (sulfide) groups is 1. The highest BCUT2D eigenvalue weighted by Crippen LogP contribution is 2.39. The second kappa shape index (κ2) is 4.53. The first-order chi connectivity index (χ1) is 7.19. The van der Waals surface area contributed by atoms with E-state index in [0.717, 1.165) is 11.5 Å². The van der Waals surface area contributed by atoms with Gasteiger partial charge in [0.25, 0.3) is 0 Å². The Balaban J connectivity index is 2.17. The SMILES string of the molecule is COC(=O)[C@@H]1[C@@H](C)O[C@H]2CS[C@H](CS)N21. The summed E-state index contributed by atoms with van der Waals surface area (Å²) in [5.74, 6) is 1.42. The van der Waals surface area contributed by atoms with E-state index in [0.29, 0.717) is 0 Å². The largest absolute Gasteiger partial charge is 0.468 e.